The molecule has 0 saturated carbocycles. The van der Waals surface area contributed by atoms with Crippen LogP contribution in [0.1, 0.15) is 33.7 Å². The third-order valence-electron chi connectivity index (χ3n) is 7.41. The van der Waals surface area contributed by atoms with Gasteiger partial charge in [0.15, 0.2) is 5.76 Å². The van der Waals surface area contributed by atoms with Crippen molar-refractivity contribution in [3.63, 3.8) is 0 Å². The number of hydrogen-bond acceptors (Lipinski definition) is 8. The van der Waals surface area contributed by atoms with Crippen molar-refractivity contribution in [2.75, 3.05) is 12.0 Å². The van der Waals surface area contributed by atoms with Gasteiger partial charge in [-0.2, -0.15) is 4.31 Å². The van der Waals surface area contributed by atoms with Crippen molar-refractivity contribution in [3.8, 4) is 11.1 Å². The number of amides is 1. The highest BCUT2D eigenvalue weighted by Gasteiger charge is 2.33. The summed E-state index contributed by atoms with van der Waals surface area (Å²) in [5, 5.41) is 1.05. The van der Waals surface area contributed by atoms with Crippen molar-refractivity contribution in [3.05, 3.63) is 123 Å². The number of nitrogens with zero attached hydrogens (tertiary/aromatic N) is 1. The van der Waals surface area contributed by atoms with E-state index in [4.69, 9.17) is 43.8 Å². The molecule has 4 aromatic carbocycles. The van der Waals surface area contributed by atoms with Crippen LogP contribution in [0.5, 0.6) is 0 Å². The maximum absolute atomic E-state index is 13.2. The van der Waals surface area contributed by atoms with E-state index in [2.05, 4.69) is 0 Å². The predicted octanol–water partition coefficient (Wildman–Crippen LogP) is 5.97. The first kappa shape index (κ1) is 33.7. The van der Waals surface area contributed by atoms with Crippen LogP contribution in [0.3, 0.4) is 0 Å². The average molecular weight is 695 g/mol. The summed E-state index contributed by atoms with van der Waals surface area (Å²) in [4.78, 5) is 38.3. The van der Waals surface area contributed by atoms with Crippen molar-refractivity contribution in [2.45, 2.75) is 25.6 Å². The first-order chi connectivity index (χ1) is 22.3. The Morgan fingerprint density at radius 3 is 2.28 bits per heavy atom. The lowest BCUT2D eigenvalue weighted by molar-refractivity contribution is -0.147. The van der Waals surface area contributed by atoms with Gasteiger partial charge in [0.1, 0.15) is 18.2 Å². The van der Waals surface area contributed by atoms with Crippen molar-refractivity contribution >= 4 is 67.5 Å². The molecular formula is C34H29Cl2N3O7S. The minimum absolute atomic E-state index is 0.0394. The second kappa shape index (κ2) is 14.0. The maximum Gasteiger partial charge on any atom is 0.308 e. The molecule has 13 heteroatoms. The van der Waals surface area contributed by atoms with Crippen molar-refractivity contribution < 1.29 is 32.0 Å². The Kier molecular flexibility index (Phi) is 10.0. The second-order valence-electron chi connectivity index (χ2n) is 10.8. The molecule has 0 aliphatic carbocycles. The number of sulfonamides is 1. The number of hydrogen-bond donors (Lipinski definition) is 2. The third-order valence-corrected chi connectivity index (χ3v) is 9.20. The van der Waals surface area contributed by atoms with Gasteiger partial charge in [0.25, 0.3) is 0 Å². The summed E-state index contributed by atoms with van der Waals surface area (Å²) in [6.07, 6.45) is 0.376. The molecule has 5 aromatic rings. The Hall–Kier alpha value is -4.68. The maximum atomic E-state index is 13.2. The second-order valence-corrected chi connectivity index (χ2v) is 13.6. The Labute approximate surface area is 280 Å². The van der Waals surface area contributed by atoms with Gasteiger partial charge >= 0.3 is 5.97 Å². The normalized spacial score (nSPS) is 12.3. The zero-order chi connectivity index (χ0) is 33.9. The van der Waals surface area contributed by atoms with E-state index in [1.807, 2.05) is 6.07 Å². The lowest BCUT2D eigenvalue weighted by atomic mass is 10.0. The molecule has 1 heterocycles. The molecule has 242 valence electrons. The van der Waals surface area contributed by atoms with Crippen LogP contribution in [0.2, 0.25) is 10.0 Å². The number of nitrogen functional groups attached to an aromatic ring is 1. The topological polar surface area (TPSA) is 163 Å². The minimum atomic E-state index is -4.02. The highest BCUT2D eigenvalue weighted by Crippen LogP contribution is 2.35. The highest BCUT2D eigenvalue weighted by molar-refractivity contribution is 7.88. The lowest BCUT2D eigenvalue weighted by Gasteiger charge is -2.27. The number of esters is 1. The van der Waals surface area contributed by atoms with Gasteiger partial charge in [-0.1, -0.05) is 77.8 Å². The number of carbonyl (C=O) groups is 3. The van der Waals surface area contributed by atoms with Gasteiger partial charge in [-0.15, -0.1) is 0 Å². The van der Waals surface area contributed by atoms with Gasteiger partial charge in [0.05, 0.1) is 23.4 Å². The first-order valence-electron chi connectivity index (χ1n) is 14.2. The minimum Gasteiger partial charge on any atom is -0.461 e. The molecule has 0 spiro atoms. The average Bonchev–Trinajstić information content (AvgIpc) is 3.37. The van der Waals surface area contributed by atoms with Crippen molar-refractivity contribution in [2.24, 2.45) is 5.73 Å². The van der Waals surface area contributed by atoms with Crippen LogP contribution in [-0.4, -0.2) is 42.7 Å². The number of furan rings is 1. The molecule has 0 fully saturated rings. The Morgan fingerprint density at radius 1 is 0.894 bits per heavy atom. The van der Waals surface area contributed by atoms with E-state index in [1.165, 1.54) is 12.1 Å². The lowest BCUT2D eigenvalue weighted by Crippen LogP contribution is -2.48. The van der Waals surface area contributed by atoms with E-state index in [0.717, 1.165) is 16.1 Å². The Bertz CT molecular complexity index is 2100. The fourth-order valence-electron chi connectivity index (χ4n) is 5.05. The van der Waals surface area contributed by atoms with Crippen LogP contribution < -0.4 is 11.5 Å². The van der Waals surface area contributed by atoms with Crippen LogP contribution in [0, 0.1) is 0 Å². The summed E-state index contributed by atoms with van der Waals surface area (Å²) in [6.45, 7) is -0.287. The number of benzene rings is 4. The number of ketones is 1. The first-order valence-corrected chi connectivity index (χ1v) is 16.8. The molecule has 0 saturated heterocycles. The van der Waals surface area contributed by atoms with Crippen LogP contribution >= 0.6 is 23.2 Å². The fraction of sp³-hybridized carbons (Fsp3) is 0.147. The van der Waals surface area contributed by atoms with E-state index in [9.17, 15) is 22.8 Å². The summed E-state index contributed by atoms with van der Waals surface area (Å²) in [7, 11) is -4.02. The van der Waals surface area contributed by atoms with Crippen LogP contribution in [-0.2, 0) is 37.5 Å². The van der Waals surface area contributed by atoms with Gasteiger partial charge in [-0.3, -0.25) is 14.4 Å². The Morgan fingerprint density at radius 2 is 1.60 bits per heavy atom. The highest BCUT2D eigenvalue weighted by atomic mass is 35.5. The Balaban J connectivity index is 1.39. The number of anilines is 1. The predicted molar refractivity (Wildman–Crippen MR) is 180 cm³/mol. The van der Waals surface area contributed by atoms with E-state index < -0.39 is 40.1 Å². The van der Waals surface area contributed by atoms with Crippen molar-refractivity contribution in [1.29, 1.82) is 0 Å². The SMILES string of the molecule is CS(=O)(=O)N(Cc1cccc(-c2ccc3c(N)c(C(=O)c4ccc(Cl)cc4Cl)oc3c2)c1)[C@@H](CC(=O)OCc1ccccc1)C(N)=O. The summed E-state index contributed by atoms with van der Waals surface area (Å²) < 4.78 is 37.8. The molecule has 0 bridgehead atoms. The quantitative estimate of drug-likeness (QED) is 0.119. The van der Waals surface area contributed by atoms with Gasteiger partial charge in [-0.25, -0.2) is 8.42 Å². The molecule has 5 rings (SSSR count). The molecule has 0 aliphatic rings. The van der Waals surface area contributed by atoms with E-state index in [1.54, 1.807) is 72.8 Å². The molecule has 0 unspecified atom stereocenters. The zero-order valence-electron chi connectivity index (χ0n) is 25.0. The molecule has 47 heavy (non-hydrogen) atoms. The molecule has 10 nitrogen and oxygen atoms in total. The largest absolute Gasteiger partial charge is 0.461 e. The number of primary amides is 1. The van der Waals surface area contributed by atoms with Crippen LogP contribution in [0.25, 0.3) is 22.1 Å². The molecule has 0 radical (unpaired) electrons. The van der Waals surface area contributed by atoms with Gasteiger partial charge < -0.3 is 20.6 Å². The number of ether oxygens (including phenoxy) is 1. The number of halogens is 2. The van der Waals surface area contributed by atoms with Gasteiger partial charge in [0.2, 0.25) is 21.7 Å². The van der Waals surface area contributed by atoms with E-state index in [-0.39, 0.29) is 35.2 Å². The fourth-order valence-corrected chi connectivity index (χ4v) is 6.57. The smallest absolute Gasteiger partial charge is 0.308 e. The molecule has 1 atom stereocenters. The summed E-state index contributed by atoms with van der Waals surface area (Å²) in [6, 6.07) is 24.1. The molecular weight excluding hydrogens is 665 g/mol. The van der Waals surface area contributed by atoms with E-state index in [0.29, 0.717) is 32.7 Å². The molecule has 0 aliphatic heterocycles. The number of nitrogens with two attached hydrogens (primary N) is 2. The van der Waals surface area contributed by atoms with Gasteiger partial charge in [-0.05, 0) is 58.7 Å². The van der Waals surface area contributed by atoms with Crippen LogP contribution in [0.4, 0.5) is 5.69 Å². The molecule has 1 aromatic heterocycles. The van der Waals surface area contributed by atoms with Crippen molar-refractivity contribution in [1.82, 2.24) is 4.31 Å². The van der Waals surface area contributed by atoms with Crippen LogP contribution in [0.15, 0.2) is 95.4 Å². The van der Waals surface area contributed by atoms with Gasteiger partial charge in [0, 0.05) is 22.5 Å². The number of rotatable bonds is 12. The number of fused-ring (bicyclic) bond motifs is 1. The van der Waals surface area contributed by atoms with E-state index >= 15 is 0 Å². The summed E-state index contributed by atoms with van der Waals surface area (Å²) >= 11 is 12.2. The molecule has 1 amide bonds. The standard InChI is InChI=1S/C34H29Cl2N3O7S/c1-47(43,44)39(28(34(38)42)17-30(40)45-19-20-6-3-2-4-7-20)18-21-8-5-9-22(14-21)23-10-12-26-29(15-23)46-33(31(26)37)32(41)25-13-11-24(35)16-27(25)36/h2-16,28H,17-19,37H2,1H3,(H2,38,42)/t28-/m0/s1. The zero-order valence-corrected chi connectivity index (χ0v) is 27.3. The third kappa shape index (κ3) is 7.83. The number of carbonyl (C=O) groups excluding carboxylic acids is 3. The monoisotopic (exact) mass is 693 g/mol. The molecule has 4 N–H and O–H groups in total. The summed E-state index contributed by atoms with van der Waals surface area (Å²) in [5.41, 5.74) is 15.2. The summed E-state index contributed by atoms with van der Waals surface area (Å²) in [5.74, 6) is -2.34.